The fourth-order valence-corrected chi connectivity index (χ4v) is 19.0. The Morgan fingerprint density at radius 2 is 0.527 bits per heavy atom. The number of hydrogen-bond donors (Lipinski definition) is 13. The quantitative estimate of drug-likeness (QED) is 0.0300. The predicted octanol–water partition coefficient (Wildman–Crippen LogP) is 1.15. The van der Waals surface area contributed by atoms with Gasteiger partial charge in [-0.25, -0.2) is 0 Å². The number of rotatable bonds is 87. The van der Waals surface area contributed by atoms with Crippen LogP contribution in [0, 0.1) is 11.8 Å². The predicted molar refractivity (Wildman–Crippen MR) is 448 cm³/mol. The smallest absolute Gasteiger partial charge is 0.389 e. The molecule has 112 heavy (non-hydrogen) atoms. The summed E-state index contributed by atoms with van der Waals surface area (Å²) in [6.45, 7) is 27.7. The number of aliphatic hydroxyl groups excluding tert-OH is 6. The van der Waals surface area contributed by atoms with Crippen molar-refractivity contribution >= 4 is 35.2 Å². The summed E-state index contributed by atoms with van der Waals surface area (Å²) in [7, 11) is 8.66. The van der Waals surface area contributed by atoms with E-state index in [1.54, 1.807) is 85.3 Å². The SMILES string of the molecule is CCCCC(CC)COCC(O)CN(CCN)CCN(CCNCCNCC(O)COCCC[Si](OC)(OC)OC)CC(O)COCCC[Si](OC)(OC)OC.CCCCC(CC)COCC(O)CN(CCNCCNCCNCC(O)COCCC[Si](OC)(OC)OC)CCNCC(O)COCCC[Si](OC)(OC)OC. The van der Waals surface area contributed by atoms with E-state index in [2.05, 4.69) is 74.3 Å². The van der Waals surface area contributed by atoms with E-state index >= 15 is 0 Å². The lowest BCUT2D eigenvalue weighted by Gasteiger charge is -2.30. The van der Waals surface area contributed by atoms with E-state index in [9.17, 15) is 30.6 Å². The van der Waals surface area contributed by atoms with Gasteiger partial charge in [0.05, 0.1) is 76.3 Å². The van der Waals surface area contributed by atoms with Gasteiger partial charge in [-0.3, -0.25) is 14.7 Å². The molecule has 0 heterocycles. The van der Waals surface area contributed by atoms with Crippen LogP contribution in [-0.4, -0.2) is 426 Å². The molecule has 8 atom stereocenters. The molecule has 0 aromatic rings. The molecule has 0 fully saturated rings. The Hall–Kier alpha value is -0.492. The molecule has 8 unspecified atom stereocenters. The molecule has 0 saturated carbocycles. The Morgan fingerprint density at radius 3 is 0.804 bits per heavy atom. The molecule has 0 spiro atoms. The highest BCUT2D eigenvalue weighted by molar-refractivity contribution is 6.61. The molecule has 0 aliphatic heterocycles. The van der Waals surface area contributed by atoms with Crippen molar-refractivity contribution in [1.82, 2.24) is 46.6 Å². The molecule has 38 heteroatoms. The van der Waals surface area contributed by atoms with Crippen LogP contribution in [0.4, 0.5) is 0 Å². The van der Waals surface area contributed by atoms with Gasteiger partial charge in [-0.15, -0.1) is 0 Å². The topological polar surface area (TPSA) is 395 Å². The molecule has 0 aromatic heterocycles. The number of aliphatic hydroxyl groups is 6. The summed E-state index contributed by atoms with van der Waals surface area (Å²) >= 11 is 0. The van der Waals surface area contributed by atoms with Crippen molar-refractivity contribution < 1.29 is 112 Å². The van der Waals surface area contributed by atoms with Crippen LogP contribution >= 0.6 is 0 Å². The highest BCUT2D eigenvalue weighted by Gasteiger charge is 2.40. The molecule has 0 aliphatic carbocycles. The van der Waals surface area contributed by atoms with Gasteiger partial charge in [-0.1, -0.05) is 66.2 Å². The number of nitrogens with one attached hydrogen (secondary N) is 6. The molecule has 14 N–H and O–H groups in total. The van der Waals surface area contributed by atoms with Crippen LogP contribution < -0.4 is 37.6 Å². The largest absolute Gasteiger partial charge is 0.500 e. The van der Waals surface area contributed by atoms with Crippen LogP contribution in [0.2, 0.25) is 24.2 Å². The Morgan fingerprint density at radius 1 is 0.286 bits per heavy atom. The summed E-state index contributed by atoms with van der Waals surface area (Å²) in [6, 6.07) is 2.57. The molecule has 676 valence electrons. The monoisotopic (exact) mass is 1700 g/mol. The Labute approximate surface area is 682 Å². The van der Waals surface area contributed by atoms with E-state index in [0.717, 1.165) is 84.3 Å². The van der Waals surface area contributed by atoms with Gasteiger partial charge in [0.2, 0.25) is 0 Å². The first-order valence-corrected chi connectivity index (χ1v) is 49.2. The summed E-state index contributed by atoms with van der Waals surface area (Å²) in [5, 5.41) is 83.7. The summed E-state index contributed by atoms with van der Waals surface area (Å²) in [5.41, 5.74) is 5.96. The lowest BCUT2D eigenvalue weighted by atomic mass is 10.0. The second-order valence-corrected chi connectivity index (χ2v) is 40.6. The third-order valence-corrected chi connectivity index (χ3v) is 30.8. The minimum absolute atomic E-state index is 0.205. The van der Waals surface area contributed by atoms with Gasteiger partial charge in [0.15, 0.2) is 0 Å². The first-order valence-electron chi connectivity index (χ1n) is 41.4. The molecular formula is C74H170N10O24Si4. The van der Waals surface area contributed by atoms with Crippen molar-refractivity contribution in [3.8, 4) is 0 Å². The number of unbranched alkanes of at least 4 members (excludes halogenated alkanes) is 2. The average Bonchev–Trinajstić information content (AvgIpc) is 0.922. The summed E-state index contributed by atoms with van der Waals surface area (Å²) in [6.07, 6.45) is 8.40. The van der Waals surface area contributed by atoms with E-state index in [1.165, 1.54) is 25.7 Å². The summed E-state index contributed by atoms with van der Waals surface area (Å²) in [5.74, 6) is 1.06. The van der Waals surface area contributed by atoms with Gasteiger partial charge in [-0.05, 0) is 50.4 Å². The van der Waals surface area contributed by atoms with E-state index < -0.39 is 71.8 Å². The fraction of sp³-hybridized carbons (Fsp3) is 1.00. The number of nitrogens with zero attached hydrogens (tertiary/aromatic N) is 3. The standard InChI is InChI=1S/2C37H85N5O12Si2/c1-9-11-14-34(10-2)30-54-33-37(45)28-41(19-15-38)21-22-42(29-36(44)32-53-24-13-26-56(49-6,50-7)51-8)20-18-39-16-17-40-27-35(43)31-52-23-12-25-55(46-3,47-4)48-5;1-9-11-14-34(10-2)30-54-33-37(45)29-42(22-20-41-28-36(44)32-53-24-13-26-56(49-6,50-7)51-8)21-19-39-16-15-38-17-18-40-27-35(43)31-52-23-12-25-55(46-3,47-4)48-5/h34-37,39-40,43-45H,9-33,38H2,1-8H3;34-41,43-45H,9-33H2,1-8H3. The molecule has 0 aliphatic rings. The Balaban J connectivity index is 0. The molecule has 0 amide bonds. The first kappa shape index (κ1) is 114. The van der Waals surface area contributed by atoms with Crippen molar-refractivity contribution in [2.45, 2.75) is 166 Å². The van der Waals surface area contributed by atoms with Gasteiger partial charge in [0.25, 0.3) is 0 Å². The lowest BCUT2D eigenvalue weighted by molar-refractivity contribution is -0.00121. The van der Waals surface area contributed by atoms with Crippen LogP contribution in [0.5, 0.6) is 0 Å². The van der Waals surface area contributed by atoms with Crippen LogP contribution in [0.15, 0.2) is 0 Å². The van der Waals surface area contributed by atoms with E-state index in [1.807, 2.05) is 0 Å². The number of nitrogens with two attached hydrogens (primary N) is 1. The van der Waals surface area contributed by atoms with E-state index in [4.69, 9.17) is 87.3 Å². The van der Waals surface area contributed by atoms with Gasteiger partial charge in [0.1, 0.15) is 0 Å². The zero-order valence-electron chi connectivity index (χ0n) is 72.9. The normalized spacial score (nSPS) is 14.8. The van der Waals surface area contributed by atoms with Crippen molar-refractivity contribution in [2.75, 3.05) is 309 Å². The third-order valence-electron chi connectivity index (χ3n) is 19.4. The maximum atomic E-state index is 10.9. The lowest BCUT2D eigenvalue weighted by Crippen LogP contribution is -2.46. The number of ether oxygens (including phenoxy) is 6. The van der Waals surface area contributed by atoms with Crippen molar-refractivity contribution in [1.29, 1.82) is 0 Å². The third kappa shape index (κ3) is 60.9. The van der Waals surface area contributed by atoms with Crippen LogP contribution in [0.25, 0.3) is 0 Å². The average molecular weight is 1700 g/mol. The van der Waals surface area contributed by atoms with Crippen molar-refractivity contribution in [2.24, 2.45) is 17.6 Å². The first-order chi connectivity index (χ1) is 54.2. The molecule has 34 nitrogen and oxygen atoms in total. The van der Waals surface area contributed by atoms with Crippen molar-refractivity contribution in [3.63, 3.8) is 0 Å². The van der Waals surface area contributed by atoms with Crippen LogP contribution in [0.1, 0.15) is 105 Å². The maximum absolute atomic E-state index is 10.9. The molecule has 0 bridgehead atoms. The van der Waals surface area contributed by atoms with Crippen LogP contribution in [-0.2, 0) is 81.5 Å². The van der Waals surface area contributed by atoms with Gasteiger partial charge >= 0.3 is 35.2 Å². The van der Waals surface area contributed by atoms with Crippen LogP contribution in [0.3, 0.4) is 0 Å². The highest BCUT2D eigenvalue weighted by Crippen LogP contribution is 2.20. The minimum atomic E-state index is -2.66. The molecule has 0 saturated heterocycles. The highest BCUT2D eigenvalue weighted by atomic mass is 28.4. The zero-order valence-corrected chi connectivity index (χ0v) is 76.9. The Kier molecular flexibility index (Phi) is 78.9. The Bertz CT molecular complexity index is 1910. The van der Waals surface area contributed by atoms with Crippen molar-refractivity contribution in [3.05, 3.63) is 0 Å². The molecule has 0 aromatic carbocycles. The molecule has 0 radical (unpaired) electrons. The fourth-order valence-electron chi connectivity index (χ4n) is 12.2. The van der Waals surface area contributed by atoms with Gasteiger partial charge in [-0.2, -0.15) is 0 Å². The van der Waals surface area contributed by atoms with E-state index in [-0.39, 0.29) is 26.4 Å². The summed E-state index contributed by atoms with van der Waals surface area (Å²) < 4.78 is 99.8. The summed E-state index contributed by atoms with van der Waals surface area (Å²) in [4.78, 5) is 6.59. The minimum Gasteiger partial charge on any atom is -0.389 e. The number of hydrogen-bond acceptors (Lipinski definition) is 34. The zero-order chi connectivity index (χ0) is 83.7. The molecule has 0 rings (SSSR count). The van der Waals surface area contributed by atoms with E-state index in [0.29, 0.717) is 200 Å². The second-order valence-electron chi connectivity index (χ2n) is 28.3. The molecular weight excluding hydrogens is 1530 g/mol. The van der Waals surface area contributed by atoms with Gasteiger partial charge < -0.3 is 150 Å². The second kappa shape index (κ2) is 77.8. The van der Waals surface area contributed by atoms with Gasteiger partial charge in [0, 0.05) is 293 Å². The maximum Gasteiger partial charge on any atom is 0.500 e.